The molecule has 0 aromatic heterocycles. The van der Waals surface area contributed by atoms with E-state index in [4.69, 9.17) is 9.84 Å². The third-order valence-electron chi connectivity index (χ3n) is 2.53. The number of nitrogens with one attached hydrogen (secondary N) is 2. The van der Waals surface area contributed by atoms with E-state index in [0.29, 0.717) is 17.9 Å². The molecular formula is C13H17BrN2O4. The van der Waals surface area contributed by atoms with Gasteiger partial charge in [-0.05, 0) is 25.5 Å². The van der Waals surface area contributed by atoms with Crippen molar-refractivity contribution >= 4 is 33.6 Å². The van der Waals surface area contributed by atoms with Crippen LogP contribution in [0.1, 0.15) is 19.8 Å². The lowest BCUT2D eigenvalue weighted by Crippen LogP contribution is -2.36. The molecule has 0 radical (unpaired) electrons. The van der Waals surface area contributed by atoms with E-state index in [1.165, 1.54) is 0 Å². The molecule has 0 aliphatic carbocycles. The molecule has 0 saturated carbocycles. The third-order valence-corrected chi connectivity index (χ3v) is 2.99. The van der Waals surface area contributed by atoms with E-state index < -0.39 is 5.97 Å². The predicted molar refractivity (Wildman–Crippen MR) is 79.2 cm³/mol. The maximum atomic E-state index is 11.8. The van der Waals surface area contributed by atoms with Gasteiger partial charge in [0, 0.05) is 28.7 Å². The fourth-order valence-corrected chi connectivity index (χ4v) is 2.03. The SMILES string of the molecule is COc1cc(Br)cc(NC(=O)NC(C)CCC(=O)O)c1. The average Bonchev–Trinajstić information content (AvgIpc) is 2.35. The van der Waals surface area contributed by atoms with Gasteiger partial charge in [0.1, 0.15) is 5.75 Å². The Morgan fingerprint density at radius 3 is 2.70 bits per heavy atom. The summed E-state index contributed by atoms with van der Waals surface area (Å²) in [5.41, 5.74) is 0.583. The maximum Gasteiger partial charge on any atom is 0.319 e. The summed E-state index contributed by atoms with van der Waals surface area (Å²) in [5.74, 6) is -0.260. The van der Waals surface area contributed by atoms with Crippen LogP contribution in [0, 0.1) is 0 Å². The molecule has 1 atom stereocenters. The summed E-state index contributed by atoms with van der Waals surface area (Å²) < 4.78 is 5.88. The number of hydrogen-bond acceptors (Lipinski definition) is 3. The molecule has 7 heteroatoms. The monoisotopic (exact) mass is 344 g/mol. The van der Waals surface area contributed by atoms with E-state index in [1.807, 2.05) is 0 Å². The zero-order chi connectivity index (χ0) is 15.1. The Balaban J connectivity index is 2.53. The highest BCUT2D eigenvalue weighted by Crippen LogP contribution is 2.24. The Labute approximate surface area is 125 Å². The van der Waals surface area contributed by atoms with Gasteiger partial charge in [0.05, 0.1) is 7.11 Å². The number of methoxy groups -OCH3 is 1. The minimum atomic E-state index is -0.879. The van der Waals surface area contributed by atoms with Gasteiger partial charge in [0.25, 0.3) is 0 Å². The van der Waals surface area contributed by atoms with Crippen LogP contribution in [0.4, 0.5) is 10.5 Å². The van der Waals surface area contributed by atoms with Gasteiger partial charge in [-0.1, -0.05) is 15.9 Å². The first-order chi connectivity index (χ1) is 9.40. The molecular weight excluding hydrogens is 328 g/mol. The molecule has 1 aromatic rings. The number of carbonyl (C=O) groups excluding carboxylic acids is 1. The lowest BCUT2D eigenvalue weighted by Gasteiger charge is -2.14. The fraction of sp³-hybridized carbons (Fsp3) is 0.385. The largest absolute Gasteiger partial charge is 0.497 e. The Kier molecular flexibility index (Phi) is 6.30. The summed E-state index contributed by atoms with van der Waals surface area (Å²) in [5, 5.41) is 13.9. The quantitative estimate of drug-likeness (QED) is 0.740. The van der Waals surface area contributed by atoms with Gasteiger partial charge in [-0.15, -0.1) is 0 Å². The molecule has 110 valence electrons. The Morgan fingerprint density at radius 2 is 2.10 bits per heavy atom. The Morgan fingerprint density at radius 1 is 1.40 bits per heavy atom. The zero-order valence-electron chi connectivity index (χ0n) is 11.3. The normalized spacial score (nSPS) is 11.6. The average molecular weight is 345 g/mol. The van der Waals surface area contributed by atoms with Crippen LogP contribution in [0.3, 0.4) is 0 Å². The molecule has 0 heterocycles. The van der Waals surface area contributed by atoms with Crippen LogP contribution in [0.25, 0.3) is 0 Å². The van der Waals surface area contributed by atoms with Crippen molar-refractivity contribution in [2.24, 2.45) is 0 Å². The molecule has 0 aliphatic heterocycles. The van der Waals surface area contributed by atoms with Crippen molar-refractivity contribution in [3.63, 3.8) is 0 Å². The van der Waals surface area contributed by atoms with Gasteiger partial charge < -0.3 is 20.5 Å². The van der Waals surface area contributed by atoms with Crippen molar-refractivity contribution in [3.8, 4) is 5.75 Å². The highest BCUT2D eigenvalue weighted by atomic mass is 79.9. The summed E-state index contributed by atoms with van der Waals surface area (Å²) in [4.78, 5) is 22.2. The number of aliphatic carboxylic acids is 1. The molecule has 0 fully saturated rings. The smallest absolute Gasteiger partial charge is 0.319 e. The zero-order valence-corrected chi connectivity index (χ0v) is 12.9. The molecule has 0 bridgehead atoms. The van der Waals surface area contributed by atoms with Crippen LogP contribution in [-0.2, 0) is 4.79 Å². The third kappa shape index (κ3) is 5.92. The number of ether oxygens (including phenoxy) is 1. The summed E-state index contributed by atoms with van der Waals surface area (Å²) in [6.45, 7) is 1.75. The molecule has 2 amide bonds. The number of carboxylic acids is 1. The number of anilines is 1. The lowest BCUT2D eigenvalue weighted by molar-refractivity contribution is -0.137. The topological polar surface area (TPSA) is 87.7 Å². The van der Waals surface area contributed by atoms with Crippen molar-refractivity contribution in [2.75, 3.05) is 12.4 Å². The van der Waals surface area contributed by atoms with Gasteiger partial charge in [-0.25, -0.2) is 4.79 Å². The minimum absolute atomic E-state index is 0.0200. The van der Waals surface area contributed by atoms with E-state index in [1.54, 1.807) is 32.2 Å². The van der Waals surface area contributed by atoms with Gasteiger partial charge in [-0.2, -0.15) is 0 Å². The second kappa shape index (κ2) is 7.74. The molecule has 1 aromatic carbocycles. The van der Waals surface area contributed by atoms with E-state index in [0.717, 1.165) is 4.47 Å². The second-order valence-corrected chi connectivity index (χ2v) is 5.23. The fourth-order valence-electron chi connectivity index (χ4n) is 1.56. The van der Waals surface area contributed by atoms with E-state index in [-0.39, 0.29) is 18.5 Å². The summed E-state index contributed by atoms with van der Waals surface area (Å²) in [6, 6.07) is 4.60. The van der Waals surface area contributed by atoms with E-state index in [9.17, 15) is 9.59 Å². The first kappa shape index (κ1) is 16.3. The first-order valence-electron chi connectivity index (χ1n) is 6.04. The summed E-state index contributed by atoms with van der Waals surface area (Å²) in [7, 11) is 1.54. The molecule has 0 spiro atoms. The highest BCUT2D eigenvalue weighted by molar-refractivity contribution is 9.10. The Hall–Kier alpha value is -1.76. The molecule has 1 rings (SSSR count). The van der Waals surface area contributed by atoms with Gasteiger partial charge in [0.2, 0.25) is 0 Å². The van der Waals surface area contributed by atoms with Crippen LogP contribution >= 0.6 is 15.9 Å². The minimum Gasteiger partial charge on any atom is -0.497 e. The van der Waals surface area contributed by atoms with Crippen LogP contribution < -0.4 is 15.4 Å². The lowest BCUT2D eigenvalue weighted by atomic mass is 10.2. The van der Waals surface area contributed by atoms with Crippen molar-refractivity contribution in [1.29, 1.82) is 0 Å². The van der Waals surface area contributed by atoms with Crippen LogP contribution in [0.15, 0.2) is 22.7 Å². The van der Waals surface area contributed by atoms with Crippen molar-refractivity contribution in [2.45, 2.75) is 25.8 Å². The molecule has 3 N–H and O–H groups in total. The number of amides is 2. The standard InChI is InChI=1S/C13H17BrN2O4/c1-8(3-4-12(17)18)15-13(19)16-10-5-9(14)6-11(7-10)20-2/h5-8H,3-4H2,1-2H3,(H,17,18)(H2,15,16,19). The van der Waals surface area contributed by atoms with E-state index >= 15 is 0 Å². The predicted octanol–water partition coefficient (Wildman–Crippen LogP) is 2.83. The van der Waals surface area contributed by atoms with Gasteiger partial charge in [0.15, 0.2) is 0 Å². The van der Waals surface area contributed by atoms with Crippen molar-refractivity contribution in [1.82, 2.24) is 5.32 Å². The van der Waals surface area contributed by atoms with Crippen LogP contribution in [-0.4, -0.2) is 30.3 Å². The van der Waals surface area contributed by atoms with Crippen molar-refractivity contribution in [3.05, 3.63) is 22.7 Å². The highest BCUT2D eigenvalue weighted by Gasteiger charge is 2.10. The molecule has 6 nitrogen and oxygen atoms in total. The number of urea groups is 1. The number of benzene rings is 1. The molecule has 20 heavy (non-hydrogen) atoms. The first-order valence-corrected chi connectivity index (χ1v) is 6.84. The number of rotatable bonds is 6. The van der Waals surface area contributed by atoms with Gasteiger partial charge in [-0.3, -0.25) is 4.79 Å². The van der Waals surface area contributed by atoms with Crippen LogP contribution in [0.2, 0.25) is 0 Å². The number of carbonyl (C=O) groups is 2. The van der Waals surface area contributed by atoms with Crippen LogP contribution in [0.5, 0.6) is 5.75 Å². The number of hydrogen-bond donors (Lipinski definition) is 3. The Bertz CT molecular complexity index is 493. The van der Waals surface area contributed by atoms with Gasteiger partial charge >= 0.3 is 12.0 Å². The summed E-state index contributed by atoms with van der Waals surface area (Å²) >= 11 is 3.32. The molecule has 0 aliphatic rings. The number of carboxylic acid groups (broad SMARTS) is 1. The van der Waals surface area contributed by atoms with E-state index in [2.05, 4.69) is 26.6 Å². The second-order valence-electron chi connectivity index (χ2n) is 4.31. The maximum absolute atomic E-state index is 11.8. The summed E-state index contributed by atoms with van der Waals surface area (Å²) in [6.07, 6.45) is 0.400. The molecule has 1 unspecified atom stereocenters. The molecule has 0 saturated heterocycles. The van der Waals surface area contributed by atoms with Crippen molar-refractivity contribution < 1.29 is 19.4 Å². The number of halogens is 1.